The van der Waals surface area contributed by atoms with Crippen LogP contribution in [0.4, 0.5) is 5.82 Å². The van der Waals surface area contributed by atoms with Crippen LogP contribution in [-0.2, 0) is 11.8 Å². The van der Waals surface area contributed by atoms with Gasteiger partial charge in [0.1, 0.15) is 5.82 Å². The van der Waals surface area contributed by atoms with Crippen molar-refractivity contribution >= 4 is 11.7 Å². The monoisotopic (exact) mass is 329 g/mol. The Hall–Kier alpha value is -2.31. The summed E-state index contributed by atoms with van der Waals surface area (Å²) in [5, 5.41) is 10.4. The molecule has 0 saturated heterocycles. The van der Waals surface area contributed by atoms with Crippen molar-refractivity contribution in [1.82, 2.24) is 19.6 Å². The second kappa shape index (κ2) is 5.36. The standard InChI is InChI=1S/C17H23N5O2/c1-9-14(10(2)21(3)19-9)12-8-13(23)18-16-15(12)17(24)20-22(16)11-6-4-5-7-11/h11-12H,4-8H2,1-3H3,(H,18,23)(H,20,24). The molecule has 1 saturated carbocycles. The fourth-order valence-electron chi connectivity index (χ4n) is 4.36. The number of rotatable bonds is 2. The van der Waals surface area contributed by atoms with Gasteiger partial charge >= 0.3 is 0 Å². The number of aryl methyl sites for hydroxylation is 2. The zero-order valence-electron chi connectivity index (χ0n) is 14.3. The van der Waals surface area contributed by atoms with Crippen LogP contribution in [0.5, 0.6) is 0 Å². The minimum absolute atomic E-state index is 0.0408. The first kappa shape index (κ1) is 15.2. The quantitative estimate of drug-likeness (QED) is 0.885. The molecule has 2 aliphatic rings. The second-order valence-corrected chi connectivity index (χ2v) is 7.02. The Balaban J connectivity index is 1.88. The third kappa shape index (κ3) is 2.14. The summed E-state index contributed by atoms with van der Waals surface area (Å²) in [7, 11) is 1.89. The average Bonchev–Trinajstić information content (AvgIpc) is 3.20. The molecule has 24 heavy (non-hydrogen) atoms. The maximum atomic E-state index is 12.7. The van der Waals surface area contributed by atoms with Crippen molar-refractivity contribution in [2.75, 3.05) is 5.32 Å². The number of aromatic amines is 1. The minimum atomic E-state index is -0.228. The fraction of sp³-hybridized carbons (Fsp3) is 0.588. The zero-order chi connectivity index (χ0) is 17.0. The van der Waals surface area contributed by atoms with Crippen molar-refractivity contribution in [2.24, 2.45) is 7.05 Å². The molecule has 7 nitrogen and oxygen atoms in total. The van der Waals surface area contributed by atoms with E-state index in [1.54, 1.807) is 0 Å². The van der Waals surface area contributed by atoms with Gasteiger partial charge in [-0.3, -0.25) is 24.1 Å². The van der Waals surface area contributed by atoms with Crippen LogP contribution in [0.3, 0.4) is 0 Å². The Morgan fingerprint density at radius 3 is 2.46 bits per heavy atom. The molecule has 0 aromatic carbocycles. The van der Waals surface area contributed by atoms with Gasteiger partial charge in [0.15, 0.2) is 0 Å². The maximum absolute atomic E-state index is 12.7. The van der Waals surface area contributed by atoms with E-state index in [0.29, 0.717) is 11.4 Å². The summed E-state index contributed by atoms with van der Waals surface area (Å²) < 4.78 is 3.72. The molecule has 2 N–H and O–H groups in total. The molecule has 128 valence electrons. The van der Waals surface area contributed by atoms with E-state index < -0.39 is 0 Å². The lowest BCUT2D eigenvalue weighted by Gasteiger charge is -2.25. The van der Waals surface area contributed by atoms with Gasteiger partial charge in [-0.05, 0) is 26.7 Å². The van der Waals surface area contributed by atoms with E-state index in [0.717, 1.165) is 42.6 Å². The highest BCUT2D eigenvalue weighted by atomic mass is 16.2. The molecule has 4 rings (SSSR count). The minimum Gasteiger partial charge on any atom is -0.311 e. The molecule has 1 aliphatic carbocycles. The third-order valence-electron chi connectivity index (χ3n) is 5.56. The van der Waals surface area contributed by atoms with Crippen LogP contribution in [0.25, 0.3) is 0 Å². The van der Waals surface area contributed by atoms with Gasteiger partial charge in [-0.25, -0.2) is 0 Å². The molecule has 2 aromatic heterocycles. The number of carbonyl (C=O) groups is 1. The number of H-pyrrole nitrogens is 1. The summed E-state index contributed by atoms with van der Waals surface area (Å²) in [5.41, 5.74) is 3.48. The number of nitrogens with one attached hydrogen (secondary N) is 2. The summed E-state index contributed by atoms with van der Waals surface area (Å²) in [6, 6.07) is 0.275. The number of anilines is 1. The number of aromatic nitrogens is 4. The predicted molar refractivity (Wildman–Crippen MR) is 90.3 cm³/mol. The van der Waals surface area contributed by atoms with Gasteiger partial charge in [0.2, 0.25) is 5.91 Å². The first-order valence-electron chi connectivity index (χ1n) is 8.61. The third-order valence-corrected chi connectivity index (χ3v) is 5.56. The van der Waals surface area contributed by atoms with Crippen LogP contribution < -0.4 is 10.9 Å². The van der Waals surface area contributed by atoms with Crippen LogP contribution >= 0.6 is 0 Å². The molecule has 3 heterocycles. The van der Waals surface area contributed by atoms with E-state index in [4.69, 9.17) is 0 Å². The van der Waals surface area contributed by atoms with E-state index in [2.05, 4.69) is 15.5 Å². The maximum Gasteiger partial charge on any atom is 0.270 e. The van der Waals surface area contributed by atoms with Crippen molar-refractivity contribution in [2.45, 2.75) is 57.9 Å². The number of carbonyl (C=O) groups excluding carboxylic acids is 1. The van der Waals surface area contributed by atoms with Gasteiger partial charge in [0.05, 0.1) is 17.3 Å². The molecule has 1 unspecified atom stereocenters. The number of hydrogen-bond donors (Lipinski definition) is 2. The first-order valence-corrected chi connectivity index (χ1v) is 8.61. The lowest BCUT2D eigenvalue weighted by Crippen LogP contribution is -2.27. The smallest absolute Gasteiger partial charge is 0.270 e. The van der Waals surface area contributed by atoms with Crippen molar-refractivity contribution in [3.05, 3.63) is 32.9 Å². The van der Waals surface area contributed by atoms with E-state index in [1.165, 1.54) is 0 Å². The lowest BCUT2D eigenvalue weighted by atomic mass is 9.86. The second-order valence-electron chi connectivity index (χ2n) is 7.02. The van der Waals surface area contributed by atoms with Gasteiger partial charge < -0.3 is 5.32 Å². The molecule has 0 radical (unpaired) electrons. The molecule has 1 atom stereocenters. The molecule has 1 aliphatic heterocycles. The van der Waals surface area contributed by atoms with Crippen molar-refractivity contribution in [1.29, 1.82) is 0 Å². The molecule has 1 amide bonds. The molecule has 0 spiro atoms. The van der Waals surface area contributed by atoms with Gasteiger partial charge in [-0.2, -0.15) is 5.10 Å². The van der Waals surface area contributed by atoms with Crippen LogP contribution in [-0.4, -0.2) is 25.5 Å². The van der Waals surface area contributed by atoms with E-state index in [-0.39, 0.29) is 29.8 Å². The summed E-state index contributed by atoms with van der Waals surface area (Å²) in [6.07, 6.45) is 4.71. The Kier molecular flexibility index (Phi) is 3.40. The Morgan fingerprint density at radius 2 is 1.83 bits per heavy atom. The number of amides is 1. The molecule has 0 bridgehead atoms. The fourth-order valence-corrected chi connectivity index (χ4v) is 4.36. The van der Waals surface area contributed by atoms with Gasteiger partial charge in [-0.15, -0.1) is 0 Å². The van der Waals surface area contributed by atoms with E-state index in [1.807, 2.05) is 30.3 Å². The molecular formula is C17H23N5O2. The summed E-state index contributed by atoms with van der Waals surface area (Å²) in [5.74, 6) is 0.394. The Bertz CT molecular complexity index is 866. The van der Waals surface area contributed by atoms with Crippen molar-refractivity contribution < 1.29 is 4.79 Å². The molecule has 7 heteroatoms. The SMILES string of the molecule is Cc1nn(C)c(C)c1C1CC(=O)Nc2c1c(=O)[nH]n2C1CCCC1. The van der Waals surface area contributed by atoms with Crippen LogP contribution in [0.2, 0.25) is 0 Å². The van der Waals surface area contributed by atoms with Crippen LogP contribution in [0.15, 0.2) is 4.79 Å². The number of fused-ring (bicyclic) bond motifs is 1. The van der Waals surface area contributed by atoms with Gasteiger partial charge in [0, 0.05) is 30.6 Å². The zero-order valence-corrected chi connectivity index (χ0v) is 14.3. The van der Waals surface area contributed by atoms with Crippen LogP contribution in [0.1, 0.15) is 66.6 Å². The number of hydrogen-bond acceptors (Lipinski definition) is 3. The Labute approximate surface area is 140 Å². The average molecular weight is 329 g/mol. The molecular weight excluding hydrogens is 306 g/mol. The normalized spacial score (nSPS) is 21.1. The van der Waals surface area contributed by atoms with Crippen LogP contribution in [0, 0.1) is 13.8 Å². The highest BCUT2D eigenvalue weighted by Crippen LogP contribution is 2.40. The molecule has 1 fully saturated rings. The highest BCUT2D eigenvalue weighted by molar-refractivity contribution is 5.94. The largest absolute Gasteiger partial charge is 0.311 e. The van der Waals surface area contributed by atoms with Gasteiger partial charge in [0.25, 0.3) is 5.56 Å². The van der Waals surface area contributed by atoms with Gasteiger partial charge in [-0.1, -0.05) is 12.8 Å². The van der Waals surface area contributed by atoms with Crippen molar-refractivity contribution in [3.63, 3.8) is 0 Å². The Morgan fingerprint density at radius 1 is 1.12 bits per heavy atom. The summed E-state index contributed by atoms with van der Waals surface area (Å²) in [4.78, 5) is 25.1. The van der Waals surface area contributed by atoms with E-state index >= 15 is 0 Å². The summed E-state index contributed by atoms with van der Waals surface area (Å²) in [6.45, 7) is 3.93. The number of nitrogens with zero attached hydrogens (tertiary/aromatic N) is 3. The highest BCUT2D eigenvalue weighted by Gasteiger charge is 2.36. The van der Waals surface area contributed by atoms with E-state index in [9.17, 15) is 9.59 Å². The lowest BCUT2D eigenvalue weighted by molar-refractivity contribution is -0.116. The predicted octanol–water partition coefficient (Wildman–Crippen LogP) is 2.12. The van der Waals surface area contributed by atoms with Crippen molar-refractivity contribution in [3.8, 4) is 0 Å². The first-order chi connectivity index (χ1) is 11.5. The topological polar surface area (TPSA) is 84.7 Å². The molecule has 2 aromatic rings. The summed E-state index contributed by atoms with van der Waals surface area (Å²) >= 11 is 0.